The van der Waals surface area contributed by atoms with Crippen LogP contribution in [0.3, 0.4) is 0 Å². The third kappa shape index (κ3) is 8.29. The number of carbonyl (C=O) groups excluding carboxylic acids is 3. The molecule has 3 aromatic rings. The lowest BCUT2D eigenvalue weighted by Crippen LogP contribution is -2.60. The van der Waals surface area contributed by atoms with Crippen LogP contribution in [0.25, 0.3) is 0 Å². The summed E-state index contributed by atoms with van der Waals surface area (Å²) in [5.74, 6) is -2.68. The number of rotatable bonds is 11. The van der Waals surface area contributed by atoms with Crippen molar-refractivity contribution in [2.45, 2.75) is 57.8 Å². The van der Waals surface area contributed by atoms with E-state index in [0.29, 0.717) is 27.9 Å². The van der Waals surface area contributed by atoms with Crippen molar-refractivity contribution < 1.29 is 41.8 Å². The Balaban J connectivity index is 1.43. The molecule has 5 rings (SSSR count). The second-order valence-corrected chi connectivity index (χ2v) is 12.9. The first-order valence-electron chi connectivity index (χ1n) is 15.6. The Labute approximate surface area is 292 Å². The lowest BCUT2D eigenvalue weighted by Gasteiger charge is -2.51. The molecule has 4 atom stereocenters. The molecule has 2 aliphatic heterocycles. The number of likely N-dealkylation sites (tertiary alicyclic amines) is 1. The third-order valence-corrected chi connectivity index (χ3v) is 9.40. The summed E-state index contributed by atoms with van der Waals surface area (Å²) in [4.78, 5) is 42.7. The highest BCUT2D eigenvalue weighted by molar-refractivity contribution is 6.35. The Bertz CT molecular complexity index is 1720. The lowest BCUT2D eigenvalue weighted by molar-refractivity contribution is -0.178. The van der Waals surface area contributed by atoms with E-state index in [2.05, 4.69) is 5.32 Å². The molecular weight excluding hydrogens is 684 g/mol. The number of hydrogen-bond donors (Lipinski definition) is 1. The fourth-order valence-corrected chi connectivity index (χ4v) is 6.82. The van der Waals surface area contributed by atoms with Crippen LogP contribution in [0, 0.1) is 11.3 Å². The van der Waals surface area contributed by atoms with Gasteiger partial charge in [0.05, 0.1) is 38.5 Å². The minimum atomic E-state index is -4.54. The van der Waals surface area contributed by atoms with Crippen molar-refractivity contribution in [1.82, 2.24) is 10.2 Å². The zero-order valence-electron chi connectivity index (χ0n) is 26.8. The molecule has 49 heavy (non-hydrogen) atoms. The number of alkyl halides is 3. The molecule has 2 amide bonds. The van der Waals surface area contributed by atoms with Gasteiger partial charge in [-0.25, -0.2) is 0 Å². The summed E-state index contributed by atoms with van der Waals surface area (Å²) in [6, 6.07) is 19.0. The molecule has 0 radical (unpaired) electrons. The van der Waals surface area contributed by atoms with E-state index >= 15 is 0 Å². The van der Waals surface area contributed by atoms with Crippen LogP contribution in [0.15, 0.2) is 84.6 Å². The molecule has 2 aliphatic rings. The van der Waals surface area contributed by atoms with E-state index in [9.17, 15) is 27.6 Å². The number of esters is 1. The molecule has 0 bridgehead atoms. The average Bonchev–Trinajstić information content (AvgIpc) is 3.07. The van der Waals surface area contributed by atoms with E-state index in [1.165, 1.54) is 24.1 Å². The maximum atomic E-state index is 14.3. The number of hydrogen-bond acceptors (Lipinski definition) is 6. The molecule has 260 valence electrons. The van der Waals surface area contributed by atoms with Crippen LogP contribution in [0.5, 0.6) is 0 Å². The van der Waals surface area contributed by atoms with Gasteiger partial charge in [0.1, 0.15) is 11.5 Å². The molecule has 3 aromatic carbocycles. The highest BCUT2D eigenvalue weighted by atomic mass is 35.5. The topological polar surface area (TPSA) is 94.2 Å². The van der Waals surface area contributed by atoms with Crippen molar-refractivity contribution in [3.63, 3.8) is 0 Å². The van der Waals surface area contributed by atoms with Crippen LogP contribution in [0.4, 0.5) is 13.2 Å². The van der Waals surface area contributed by atoms with Crippen molar-refractivity contribution in [3.05, 3.63) is 117 Å². The summed E-state index contributed by atoms with van der Waals surface area (Å²) < 4.78 is 57.2. The van der Waals surface area contributed by atoms with E-state index in [4.69, 9.17) is 37.4 Å². The van der Waals surface area contributed by atoms with Crippen LogP contribution < -0.4 is 5.32 Å². The number of fused-ring (bicyclic) bond motifs is 1. The molecular formula is C36H35Cl2F3N2O6. The minimum absolute atomic E-state index is 0.0495. The summed E-state index contributed by atoms with van der Waals surface area (Å²) in [6.07, 6.45) is -4.74. The Morgan fingerprint density at radius 3 is 2.47 bits per heavy atom. The van der Waals surface area contributed by atoms with Gasteiger partial charge in [0.25, 0.3) is 0 Å². The second kappa shape index (κ2) is 15.3. The summed E-state index contributed by atoms with van der Waals surface area (Å²) in [7, 11) is 1.24. The van der Waals surface area contributed by atoms with Gasteiger partial charge < -0.3 is 24.4 Å². The number of nitrogens with zero attached hydrogens (tertiary/aromatic N) is 1. The maximum absolute atomic E-state index is 14.3. The van der Waals surface area contributed by atoms with Gasteiger partial charge in [-0.2, -0.15) is 13.2 Å². The lowest BCUT2D eigenvalue weighted by atomic mass is 9.66. The number of benzene rings is 3. The summed E-state index contributed by atoms with van der Waals surface area (Å²) >= 11 is 12.7. The van der Waals surface area contributed by atoms with Gasteiger partial charge in [0.15, 0.2) is 0 Å². The van der Waals surface area contributed by atoms with Gasteiger partial charge in [-0.3, -0.25) is 14.4 Å². The second-order valence-electron chi connectivity index (χ2n) is 12.1. The number of nitrogens with one attached hydrogen (secondary N) is 1. The Morgan fingerprint density at radius 2 is 1.78 bits per heavy atom. The number of carbonyl (C=O) groups is 3. The standard InChI is InChI=1S/C36H35Cl2F3N2O6/c1-22-35(34(46)47-2)17-26(14-32(44)42-18-24-9-6-10-27(13-24)36(39,40)41)33(45)43(19-25-11-12-28(37)15-30(25)38)31(35)16-29(49-22)21-48-20-23-7-4-3-5-8-23/h3-13,15-16,22,26,29H,14,17-21H2,1-2H3,(H,42,44)/t22-,26+,29-,35+/m1/s1. The zero-order chi connectivity index (χ0) is 35.3. The van der Waals surface area contributed by atoms with E-state index in [0.717, 1.165) is 17.7 Å². The first-order chi connectivity index (χ1) is 23.3. The Morgan fingerprint density at radius 1 is 1.04 bits per heavy atom. The van der Waals surface area contributed by atoms with Crippen LogP contribution in [-0.4, -0.2) is 48.6 Å². The SMILES string of the molecule is COC(=O)[C@]12C[C@H](CC(=O)NCc3cccc(C(F)(F)F)c3)C(=O)N(Cc3ccc(Cl)cc3Cl)C1=C[C@H](COCc1ccccc1)O[C@@H]2C. The first kappa shape index (κ1) is 36.4. The summed E-state index contributed by atoms with van der Waals surface area (Å²) in [6.45, 7) is 1.92. The Kier molecular flexibility index (Phi) is 11.4. The maximum Gasteiger partial charge on any atom is 0.416 e. The number of ether oxygens (including phenoxy) is 3. The molecule has 1 saturated heterocycles. The van der Waals surface area contributed by atoms with E-state index < -0.39 is 53.1 Å². The zero-order valence-corrected chi connectivity index (χ0v) is 28.3. The highest BCUT2D eigenvalue weighted by Crippen LogP contribution is 2.51. The predicted molar refractivity (Wildman–Crippen MR) is 176 cm³/mol. The fraction of sp³-hybridized carbons (Fsp3) is 0.361. The number of piperidine rings is 1. The quantitative estimate of drug-likeness (QED) is 0.213. The smallest absolute Gasteiger partial charge is 0.416 e. The summed E-state index contributed by atoms with van der Waals surface area (Å²) in [5.41, 5.74) is -0.226. The summed E-state index contributed by atoms with van der Waals surface area (Å²) in [5, 5.41) is 3.31. The minimum Gasteiger partial charge on any atom is -0.468 e. The Hall–Kier alpha value is -3.90. The number of halogens is 5. The van der Waals surface area contributed by atoms with Crippen LogP contribution in [0.1, 0.15) is 42.0 Å². The van der Waals surface area contributed by atoms with E-state index in [1.807, 2.05) is 30.3 Å². The largest absolute Gasteiger partial charge is 0.468 e. The van der Waals surface area contributed by atoms with Crippen LogP contribution in [-0.2, 0) is 54.5 Å². The molecule has 1 N–H and O–H groups in total. The monoisotopic (exact) mass is 718 g/mol. The first-order valence-corrected chi connectivity index (χ1v) is 16.3. The molecule has 13 heteroatoms. The average molecular weight is 720 g/mol. The highest BCUT2D eigenvalue weighted by Gasteiger charge is 2.59. The molecule has 0 saturated carbocycles. The molecule has 1 fully saturated rings. The van der Waals surface area contributed by atoms with Gasteiger partial charge in [-0.1, -0.05) is 71.7 Å². The third-order valence-electron chi connectivity index (χ3n) is 8.81. The van der Waals surface area contributed by atoms with Crippen molar-refractivity contribution >= 4 is 41.0 Å². The van der Waals surface area contributed by atoms with Crippen molar-refractivity contribution in [3.8, 4) is 0 Å². The van der Waals surface area contributed by atoms with Crippen LogP contribution >= 0.6 is 23.2 Å². The van der Waals surface area contributed by atoms with E-state index in [1.54, 1.807) is 31.2 Å². The predicted octanol–water partition coefficient (Wildman–Crippen LogP) is 7.11. The number of amides is 2. The van der Waals surface area contributed by atoms with Crippen LogP contribution in [0.2, 0.25) is 10.0 Å². The van der Waals surface area contributed by atoms with Crippen molar-refractivity contribution in [2.75, 3.05) is 13.7 Å². The normalized spacial score (nSPS) is 22.3. The van der Waals surface area contributed by atoms with Crippen molar-refractivity contribution in [2.24, 2.45) is 11.3 Å². The van der Waals surface area contributed by atoms with Crippen molar-refractivity contribution in [1.29, 1.82) is 0 Å². The van der Waals surface area contributed by atoms with Gasteiger partial charge >= 0.3 is 12.1 Å². The fourth-order valence-electron chi connectivity index (χ4n) is 6.35. The molecule has 0 aliphatic carbocycles. The molecule has 8 nitrogen and oxygen atoms in total. The van der Waals surface area contributed by atoms with E-state index in [-0.39, 0.29) is 38.1 Å². The molecule has 0 aromatic heterocycles. The van der Waals surface area contributed by atoms with Gasteiger partial charge in [-0.05, 0) is 60.4 Å². The molecule has 2 heterocycles. The number of methoxy groups -OCH3 is 1. The van der Waals surface area contributed by atoms with Gasteiger partial charge in [-0.15, -0.1) is 0 Å². The van der Waals surface area contributed by atoms with Gasteiger partial charge in [0, 0.05) is 34.6 Å². The molecule has 0 unspecified atom stereocenters. The molecule has 0 spiro atoms. The van der Waals surface area contributed by atoms with Gasteiger partial charge in [0.2, 0.25) is 11.8 Å².